The van der Waals surface area contributed by atoms with E-state index in [0.717, 1.165) is 35.6 Å². The number of rotatable bonds is 9. The molecule has 0 bridgehead atoms. The quantitative estimate of drug-likeness (QED) is 0.283. The Morgan fingerprint density at radius 2 is 1.78 bits per heavy atom. The molecule has 0 saturated heterocycles. The average molecular weight is 521 g/mol. The summed E-state index contributed by atoms with van der Waals surface area (Å²) in [6, 6.07) is 15.4. The molecule has 0 fully saturated rings. The number of amides is 1. The Hall–Kier alpha value is -2.60. The summed E-state index contributed by atoms with van der Waals surface area (Å²) >= 11 is 0. The summed E-state index contributed by atoms with van der Waals surface area (Å²) in [7, 11) is 0. The standard InChI is InChI=1S/C25H24N6O4.2Na.2H/c1-2-3-6-18-11-17(25(34)35)13-22(32)31(18)14-16-10-9-15(12-21(16)23(26)33)19-7-4-5-8-20(19)24-27-29-30-28-24;;;;/h4-5,7-13H,2-3,6,14H2,1H3,(H2,26,33)(H,34,35)(H,27,28,29,30);;;;. The van der Waals surface area contributed by atoms with Crippen LogP contribution in [0.2, 0.25) is 0 Å². The number of aromatic nitrogens is 5. The van der Waals surface area contributed by atoms with Crippen molar-refractivity contribution in [1.29, 1.82) is 0 Å². The Morgan fingerprint density at radius 1 is 1.05 bits per heavy atom. The maximum atomic E-state index is 12.8. The SMILES string of the molecule is CCCCc1cc(C(=O)O)cc(=O)n1Cc1ccc(-c2ccccc2-c2nnn[nH]2)cc1C(N)=O.[NaH].[NaH]. The van der Waals surface area contributed by atoms with Gasteiger partial charge in [-0.2, -0.15) is 0 Å². The molecule has 0 saturated carbocycles. The van der Waals surface area contributed by atoms with Gasteiger partial charge in [-0.05, 0) is 52.1 Å². The van der Waals surface area contributed by atoms with Crippen LogP contribution >= 0.6 is 0 Å². The first-order valence-electron chi connectivity index (χ1n) is 11.1. The molecule has 2 heterocycles. The molecule has 0 unspecified atom stereocenters. The fraction of sp³-hybridized carbons (Fsp3) is 0.200. The van der Waals surface area contributed by atoms with Gasteiger partial charge in [-0.1, -0.05) is 49.7 Å². The molecular formula is C25H26N6Na2O4. The molecule has 0 atom stereocenters. The molecule has 37 heavy (non-hydrogen) atoms. The number of unbranched alkanes of at least 4 members (excludes halogenated alkanes) is 1. The van der Waals surface area contributed by atoms with Crippen LogP contribution < -0.4 is 11.3 Å². The zero-order valence-electron chi connectivity index (χ0n) is 19.1. The van der Waals surface area contributed by atoms with Crippen LogP contribution in [0.15, 0.2) is 59.4 Å². The number of carboxylic acids is 1. The summed E-state index contributed by atoms with van der Waals surface area (Å²) in [5.41, 5.74) is 8.93. The van der Waals surface area contributed by atoms with Crippen LogP contribution in [0.5, 0.6) is 0 Å². The van der Waals surface area contributed by atoms with Crippen molar-refractivity contribution in [3.05, 3.63) is 87.3 Å². The molecule has 12 heteroatoms. The predicted molar refractivity (Wildman–Crippen MR) is 143 cm³/mol. The molecule has 4 N–H and O–H groups in total. The van der Waals surface area contributed by atoms with E-state index in [0.29, 0.717) is 23.5 Å². The van der Waals surface area contributed by atoms with Crippen LogP contribution in [0.1, 0.15) is 51.7 Å². The van der Waals surface area contributed by atoms with Gasteiger partial charge in [0.05, 0.1) is 12.1 Å². The van der Waals surface area contributed by atoms with Gasteiger partial charge in [0.2, 0.25) is 5.91 Å². The van der Waals surface area contributed by atoms with Crippen molar-refractivity contribution >= 4 is 71.0 Å². The van der Waals surface area contributed by atoms with Gasteiger partial charge in [0, 0.05) is 22.9 Å². The molecule has 4 aromatic rings. The van der Waals surface area contributed by atoms with E-state index >= 15 is 0 Å². The number of aryl methyl sites for hydroxylation is 1. The van der Waals surface area contributed by atoms with Gasteiger partial charge in [-0.3, -0.25) is 9.59 Å². The zero-order valence-corrected chi connectivity index (χ0v) is 19.1. The number of carboxylic acid groups (broad SMARTS) is 1. The van der Waals surface area contributed by atoms with Crippen molar-refractivity contribution in [3.8, 4) is 22.5 Å². The van der Waals surface area contributed by atoms with Crippen molar-refractivity contribution in [2.45, 2.75) is 32.7 Å². The van der Waals surface area contributed by atoms with E-state index in [1.807, 2.05) is 37.3 Å². The third kappa shape index (κ3) is 7.04. The second kappa shape index (κ2) is 13.8. The van der Waals surface area contributed by atoms with E-state index in [2.05, 4.69) is 20.6 Å². The van der Waals surface area contributed by atoms with Crippen LogP contribution in [0.4, 0.5) is 0 Å². The molecule has 0 aliphatic rings. The van der Waals surface area contributed by atoms with Gasteiger partial charge in [0.25, 0.3) is 5.56 Å². The summed E-state index contributed by atoms with van der Waals surface area (Å²) in [5.74, 6) is -1.31. The number of carbonyl (C=O) groups is 2. The van der Waals surface area contributed by atoms with Crippen LogP contribution in [0.25, 0.3) is 22.5 Å². The minimum absolute atomic E-state index is 0. The van der Waals surface area contributed by atoms with Crippen molar-refractivity contribution in [1.82, 2.24) is 25.2 Å². The van der Waals surface area contributed by atoms with Crippen molar-refractivity contribution in [3.63, 3.8) is 0 Å². The van der Waals surface area contributed by atoms with Crippen LogP contribution in [0, 0.1) is 0 Å². The molecule has 10 nitrogen and oxygen atoms in total. The van der Waals surface area contributed by atoms with Gasteiger partial charge in [-0.15, -0.1) is 5.10 Å². The summed E-state index contributed by atoms with van der Waals surface area (Å²) in [6.45, 7) is 2.10. The first kappa shape index (κ1) is 30.6. The summed E-state index contributed by atoms with van der Waals surface area (Å²) < 4.78 is 1.50. The number of benzene rings is 2. The number of aromatic carboxylic acids is 1. The first-order valence-corrected chi connectivity index (χ1v) is 11.1. The summed E-state index contributed by atoms with van der Waals surface area (Å²) in [5, 5.41) is 23.3. The predicted octanol–water partition coefficient (Wildman–Crippen LogP) is 1.59. The Kier molecular flexibility index (Phi) is 11.4. The van der Waals surface area contributed by atoms with E-state index < -0.39 is 17.4 Å². The number of nitrogens with two attached hydrogens (primary N) is 1. The number of hydrogen-bond acceptors (Lipinski definition) is 6. The number of hydrogen-bond donors (Lipinski definition) is 3. The van der Waals surface area contributed by atoms with Crippen molar-refractivity contribution < 1.29 is 14.7 Å². The second-order valence-corrected chi connectivity index (χ2v) is 8.10. The van der Waals surface area contributed by atoms with E-state index in [9.17, 15) is 19.5 Å². The molecular weight excluding hydrogens is 494 g/mol. The molecule has 4 rings (SSSR count). The molecule has 1 amide bonds. The number of carbonyl (C=O) groups excluding carboxylic acids is 1. The normalized spacial score (nSPS) is 10.3. The second-order valence-electron chi connectivity index (χ2n) is 8.10. The molecule has 0 radical (unpaired) electrons. The fourth-order valence-electron chi connectivity index (χ4n) is 4.02. The number of tetrazole rings is 1. The molecule has 0 spiro atoms. The van der Waals surface area contributed by atoms with Crippen LogP contribution in [0.3, 0.4) is 0 Å². The molecule has 2 aromatic carbocycles. The van der Waals surface area contributed by atoms with Crippen molar-refractivity contribution in [2.24, 2.45) is 5.73 Å². The Balaban J connectivity index is 0.00000241. The average Bonchev–Trinajstić information content (AvgIpc) is 3.39. The van der Waals surface area contributed by atoms with Gasteiger partial charge in [0.15, 0.2) is 5.82 Å². The van der Waals surface area contributed by atoms with E-state index in [1.165, 1.54) is 10.6 Å². The third-order valence-electron chi connectivity index (χ3n) is 5.79. The third-order valence-corrected chi connectivity index (χ3v) is 5.79. The monoisotopic (exact) mass is 520 g/mol. The van der Waals surface area contributed by atoms with E-state index in [-0.39, 0.29) is 76.8 Å². The van der Waals surface area contributed by atoms with Crippen molar-refractivity contribution in [2.75, 3.05) is 0 Å². The number of H-pyrrole nitrogens is 1. The Morgan fingerprint density at radius 3 is 2.41 bits per heavy atom. The van der Waals surface area contributed by atoms with Gasteiger partial charge < -0.3 is 15.4 Å². The number of nitrogens with zero attached hydrogens (tertiary/aromatic N) is 4. The van der Waals surface area contributed by atoms with Gasteiger partial charge >= 0.3 is 65.1 Å². The first-order chi connectivity index (χ1) is 16.9. The topological polar surface area (TPSA) is 157 Å². The molecule has 0 aliphatic heterocycles. The Bertz CT molecular complexity index is 1450. The zero-order chi connectivity index (χ0) is 24.9. The number of pyridine rings is 1. The number of nitrogens with one attached hydrogen (secondary N) is 1. The fourth-order valence-corrected chi connectivity index (χ4v) is 4.02. The number of aromatic amines is 1. The van der Waals surface area contributed by atoms with E-state index in [4.69, 9.17) is 5.73 Å². The molecule has 0 aliphatic carbocycles. The summed E-state index contributed by atoms with van der Waals surface area (Å²) in [6.07, 6.45) is 2.21. The Labute approximate surface area is 257 Å². The van der Waals surface area contributed by atoms with Gasteiger partial charge in [-0.25, -0.2) is 9.89 Å². The maximum absolute atomic E-state index is 12.8. The van der Waals surface area contributed by atoms with Crippen LogP contribution in [-0.2, 0) is 13.0 Å². The molecule has 182 valence electrons. The van der Waals surface area contributed by atoms with Crippen LogP contribution in [-0.4, -0.2) is 101 Å². The van der Waals surface area contributed by atoms with Gasteiger partial charge in [0.1, 0.15) is 0 Å². The molecule has 2 aromatic heterocycles. The van der Waals surface area contributed by atoms with E-state index in [1.54, 1.807) is 12.1 Å². The summed E-state index contributed by atoms with van der Waals surface area (Å²) in [4.78, 5) is 36.7. The number of primary amides is 1. The minimum atomic E-state index is -1.16.